The minimum Gasteiger partial charge on any atom is -0.445 e. The van der Waals surface area contributed by atoms with Gasteiger partial charge in [-0.25, -0.2) is 9.86 Å². The molecule has 1 N–H and O–H groups in total. The fraction of sp³-hybridized carbons (Fsp3) is 0.429. The Morgan fingerprint density at radius 1 is 1.43 bits per heavy atom. The molecule has 2 amide bonds. The van der Waals surface area contributed by atoms with Crippen LogP contribution in [0.3, 0.4) is 0 Å². The van der Waals surface area contributed by atoms with Gasteiger partial charge in [0.25, 0.3) is 5.91 Å². The topological polar surface area (TPSA) is 77.1 Å². The minimum absolute atomic E-state index is 0.100. The van der Waals surface area contributed by atoms with E-state index in [1.807, 2.05) is 30.3 Å². The van der Waals surface area contributed by atoms with Crippen LogP contribution in [-0.2, 0) is 25.7 Å². The number of hydrogen-bond donors (Lipinski definition) is 1. The van der Waals surface area contributed by atoms with E-state index >= 15 is 0 Å². The highest BCUT2D eigenvalue weighted by Crippen LogP contribution is 2.08. The standard InChI is InChI=1S/C14H18N2O5/c1-19-8-7-16-13(17)12(10-21-16)15-14(18)20-9-11-5-3-2-4-6-11/h2-6,12H,7-10H2,1H3,(H,15,18). The van der Waals surface area contributed by atoms with Crippen LogP contribution in [0.25, 0.3) is 0 Å². The maximum atomic E-state index is 11.9. The first-order valence-corrected chi connectivity index (χ1v) is 6.61. The lowest BCUT2D eigenvalue weighted by molar-refractivity contribution is -0.164. The van der Waals surface area contributed by atoms with Crippen molar-refractivity contribution >= 4 is 12.0 Å². The highest BCUT2D eigenvalue weighted by Gasteiger charge is 2.34. The van der Waals surface area contributed by atoms with Gasteiger partial charge in [-0.1, -0.05) is 30.3 Å². The third-order valence-corrected chi connectivity index (χ3v) is 2.94. The van der Waals surface area contributed by atoms with Gasteiger partial charge in [0.1, 0.15) is 19.3 Å². The number of rotatable bonds is 6. The van der Waals surface area contributed by atoms with Crippen molar-refractivity contribution < 1.29 is 23.9 Å². The van der Waals surface area contributed by atoms with Gasteiger partial charge in [0, 0.05) is 7.11 Å². The van der Waals surface area contributed by atoms with E-state index in [1.165, 1.54) is 12.2 Å². The number of carbonyl (C=O) groups is 2. The molecule has 1 heterocycles. The SMILES string of the molecule is COCCN1OCC(NC(=O)OCc2ccccc2)C1=O. The van der Waals surface area contributed by atoms with Crippen molar-refractivity contribution in [2.24, 2.45) is 0 Å². The predicted octanol–water partition coefficient (Wildman–Crippen LogP) is 0.702. The van der Waals surface area contributed by atoms with E-state index in [0.29, 0.717) is 13.2 Å². The number of methoxy groups -OCH3 is 1. The van der Waals surface area contributed by atoms with Gasteiger partial charge in [0.05, 0.1) is 13.2 Å². The van der Waals surface area contributed by atoms with Crippen LogP contribution in [0.5, 0.6) is 0 Å². The van der Waals surface area contributed by atoms with E-state index in [0.717, 1.165) is 5.56 Å². The number of nitrogens with one attached hydrogen (secondary N) is 1. The number of hydroxylamine groups is 2. The summed E-state index contributed by atoms with van der Waals surface area (Å²) in [7, 11) is 1.54. The molecule has 1 saturated heterocycles. The molecule has 0 aromatic heterocycles. The molecule has 1 aromatic carbocycles. The molecular weight excluding hydrogens is 276 g/mol. The number of ether oxygens (including phenoxy) is 2. The van der Waals surface area contributed by atoms with E-state index in [4.69, 9.17) is 14.3 Å². The normalized spacial score (nSPS) is 17.9. The number of amides is 2. The lowest BCUT2D eigenvalue weighted by Gasteiger charge is -2.13. The van der Waals surface area contributed by atoms with Crippen LogP contribution in [0.1, 0.15) is 5.56 Å². The van der Waals surface area contributed by atoms with Crippen LogP contribution in [0.2, 0.25) is 0 Å². The Morgan fingerprint density at radius 2 is 2.19 bits per heavy atom. The van der Waals surface area contributed by atoms with Crippen LogP contribution in [0.4, 0.5) is 4.79 Å². The van der Waals surface area contributed by atoms with E-state index in [9.17, 15) is 9.59 Å². The zero-order valence-electron chi connectivity index (χ0n) is 11.8. The molecule has 0 bridgehead atoms. The zero-order chi connectivity index (χ0) is 15.1. The van der Waals surface area contributed by atoms with Crippen molar-refractivity contribution in [2.75, 3.05) is 26.9 Å². The van der Waals surface area contributed by atoms with E-state index in [-0.39, 0.29) is 19.1 Å². The van der Waals surface area contributed by atoms with Crippen LogP contribution in [0, 0.1) is 0 Å². The van der Waals surface area contributed by atoms with Gasteiger partial charge < -0.3 is 14.8 Å². The summed E-state index contributed by atoms with van der Waals surface area (Å²) in [6.45, 7) is 0.953. The van der Waals surface area contributed by atoms with E-state index < -0.39 is 12.1 Å². The largest absolute Gasteiger partial charge is 0.445 e. The molecule has 0 saturated carbocycles. The second-order valence-corrected chi connectivity index (χ2v) is 4.49. The summed E-state index contributed by atoms with van der Waals surface area (Å²) in [6.07, 6.45) is -0.644. The predicted molar refractivity (Wildman–Crippen MR) is 73.1 cm³/mol. The molecule has 114 valence electrons. The molecule has 1 atom stereocenters. The number of carbonyl (C=O) groups excluding carboxylic acids is 2. The Balaban J connectivity index is 1.74. The highest BCUT2D eigenvalue weighted by molar-refractivity contribution is 5.86. The van der Waals surface area contributed by atoms with Crippen molar-refractivity contribution in [1.29, 1.82) is 0 Å². The van der Waals surface area contributed by atoms with Gasteiger partial charge in [-0.2, -0.15) is 0 Å². The quantitative estimate of drug-likeness (QED) is 0.836. The number of benzene rings is 1. The fourth-order valence-electron chi connectivity index (χ4n) is 1.83. The molecule has 7 heteroatoms. The maximum absolute atomic E-state index is 11.9. The zero-order valence-corrected chi connectivity index (χ0v) is 11.8. The summed E-state index contributed by atoms with van der Waals surface area (Å²) in [5, 5.41) is 3.67. The van der Waals surface area contributed by atoms with Crippen LogP contribution in [-0.4, -0.2) is 50.0 Å². The number of alkyl carbamates (subject to hydrolysis) is 1. The van der Waals surface area contributed by atoms with Crippen molar-refractivity contribution in [1.82, 2.24) is 10.4 Å². The number of hydrogen-bond acceptors (Lipinski definition) is 5. The highest BCUT2D eigenvalue weighted by atomic mass is 16.7. The molecular formula is C14H18N2O5. The van der Waals surface area contributed by atoms with Crippen molar-refractivity contribution in [2.45, 2.75) is 12.6 Å². The Kier molecular flexibility index (Phi) is 5.53. The molecule has 1 fully saturated rings. The fourth-order valence-corrected chi connectivity index (χ4v) is 1.83. The molecule has 1 aromatic rings. The van der Waals surface area contributed by atoms with Crippen LogP contribution >= 0.6 is 0 Å². The first-order chi connectivity index (χ1) is 10.2. The van der Waals surface area contributed by atoms with Crippen molar-refractivity contribution in [3.05, 3.63) is 35.9 Å². The third-order valence-electron chi connectivity index (χ3n) is 2.94. The Labute approximate surface area is 122 Å². The van der Waals surface area contributed by atoms with Gasteiger partial charge in [-0.05, 0) is 5.56 Å². The van der Waals surface area contributed by atoms with Gasteiger partial charge in [-0.15, -0.1) is 0 Å². The second-order valence-electron chi connectivity index (χ2n) is 4.49. The molecule has 1 aliphatic rings. The Hall–Kier alpha value is -2.12. The van der Waals surface area contributed by atoms with E-state index in [1.54, 1.807) is 0 Å². The lowest BCUT2D eigenvalue weighted by atomic mass is 10.2. The second kappa shape index (κ2) is 7.61. The smallest absolute Gasteiger partial charge is 0.408 e. The summed E-state index contributed by atoms with van der Waals surface area (Å²) in [6, 6.07) is 8.59. The number of nitrogens with zero attached hydrogens (tertiary/aromatic N) is 1. The summed E-state index contributed by atoms with van der Waals surface area (Å²) in [4.78, 5) is 28.7. The van der Waals surface area contributed by atoms with E-state index in [2.05, 4.69) is 5.32 Å². The monoisotopic (exact) mass is 294 g/mol. The average Bonchev–Trinajstić information content (AvgIpc) is 2.85. The first kappa shape index (κ1) is 15.3. The molecule has 1 unspecified atom stereocenters. The van der Waals surface area contributed by atoms with Crippen LogP contribution in [0.15, 0.2) is 30.3 Å². The van der Waals surface area contributed by atoms with Crippen molar-refractivity contribution in [3.8, 4) is 0 Å². The minimum atomic E-state index is -0.717. The van der Waals surface area contributed by atoms with Gasteiger partial charge in [-0.3, -0.25) is 9.63 Å². The van der Waals surface area contributed by atoms with Gasteiger partial charge in [0.15, 0.2) is 0 Å². The molecule has 1 aliphatic heterocycles. The summed E-state index contributed by atoms with van der Waals surface area (Å²) < 4.78 is 9.92. The Bertz CT molecular complexity index is 480. The third kappa shape index (κ3) is 4.44. The average molecular weight is 294 g/mol. The lowest BCUT2D eigenvalue weighted by Crippen LogP contribution is -2.43. The van der Waals surface area contributed by atoms with Crippen molar-refractivity contribution in [3.63, 3.8) is 0 Å². The summed E-state index contributed by atoms with van der Waals surface area (Å²) in [5.74, 6) is -0.302. The Morgan fingerprint density at radius 3 is 2.90 bits per heavy atom. The molecule has 7 nitrogen and oxygen atoms in total. The molecule has 2 rings (SSSR count). The first-order valence-electron chi connectivity index (χ1n) is 6.61. The van der Waals surface area contributed by atoms with Crippen LogP contribution < -0.4 is 5.32 Å². The summed E-state index contributed by atoms with van der Waals surface area (Å²) >= 11 is 0. The molecule has 0 spiro atoms. The summed E-state index contributed by atoms with van der Waals surface area (Å²) in [5.41, 5.74) is 0.878. The molecule has 0 aliphatic carbocycles. The molecule has 21 heavy (non-hydrogen) atoms. The maximum Gasteiger partial charge on any atom is 0.408 e. The molecule has 0 radical (unpaired) electrons. The van der Waals surface area contributed by atoms with Gasteiger partial charge >= 0.3 is 6.09 Å². The van der Waals surface area contributed by atoms with Gasteiger partial charge in [0.2, 0.25) is 0 Å².